The van der Waals surface area contributed by atoms with Crippen LogP contribution in [0.15, 0.2) is 48.7 Å². The Morgan fingerprint density at radius 2 is 1.95 bits per heavy atom. The summed E-state index contributed by atoms with van der Waals surface area (Å²) in [4.78, 5) is 12.0. The van der Waals surface area contributed by atoms with E-state index in [9.17, 15) is 4.79 Å². The van der Waals surface area contributed by atoms with Crippen LogP contribution in [0.1, 0.15) is 23.6 Å². The molecule has 0 atom stereocenters. The zero-order valence-electron chi connectivity index (χ0n) is 12.7. The van der Waals surface area contributed by atoms with Crippen LogP contribution in [0.5, 0.6) is 0 Å². The maximum Gasteiger partial charge on any atom is 0.323 e. The minimum Gasteiger partial charge on any atom is -0.314 e. The molecule has 0 aliphatic rings. The number of carbonyl (C=O) groups excluding carboxylic acids is 1. The summed E-state index contributed by atoms with van der Waals surface area (Å²) in [5.74, 6) is 0. The minimum absolute atomic E-state index is 0.271. The van der Waals surface area contributed by atoms with Crippen molar-refractivity contribution in [2.45, 2.75) is 20.3 Å². The van der Waals surface area contributed by atoms with Gasteiger partial charge >= 0.3 is 6.03 Å². The first kappa shape index (κ1) is 16.1. The second-order valence-electron chi connectivity index (χ2n) is 4.92. The van der Waals surface area contributed by atoms with Crippen LogP contribution in [-0.2, 0) is 6.42 Å². The van der Waals surface area contributed by atoms with Crippen molar-refractivity contribution in [3.05, 3.63) is 70.4 Å². The lowest BCUT2D eigenvalue weighted by atomic mass is 10.1. The Labute approximate surface area is 136 Å². The molecule has 2 aromatic rings. The quantitative estimate of drug-likeness (QED) is 0.819. The van der Waals surface area contributed by atoms with Crippen molar-refractivity contribution in [3.8, 4) is 0 Å². The van der Waals surface area contributed by atoms with Crippen LogP contribution < -0.4 is 10.6 Å². The van der Waals surface area contributed by atoms with Gasteiger partial charge in [0.05, 0.1) is 0 Å². The van der Waals surface area contributed by atoms with Gasteiger partial charge in [-0.2, -0.15) is 0 Å². The Morgan fingerprint density at radius 3 is 2.68 bits per heavy atom. The van der Waals surface area contributed by atoms with Crippen molar-refractivity contribution in [2.24, 2.45) is 0 Å². The van der Waals surface area contributed by atoms with E-state index in [2.05, 4.69) is 17.6 Å². The molecule has 0 spiro atoms. The van der Waals surface area contributed by atoms with Gasteiger partial charge in [-0.3, -0.25) is 0 Å². The first-order chi connectivity index (χ1) is 10.6. The first-order valence-corrected chi connectivity index (χ1v) is 7.56. The summed E-state index contributed by atoms with van der Waals surface area (Å²) in [6.45, 7) is 4.05. The van der Waals surface area contributed by atoms with Gasteiger partial charge in [-0.05, 0) is 42.2 Å². The molecule has 0 saturated heterocycles. The fourth-order valence-electron chi connectivity index (χ4n) is 2.17. The van der Waals surface area contributed by atoms with Crippen LogP contribution in [-0.4, -0.2) is 6.03 Å². The fourth-order valence-corrected chi connectivity index (χ4v) is 2.37. The number of hydrogen-bond donors (Lipinski definition) is 2. The van der Waals surface area contributed by atoms with Gasteiger partial charge in [0.15, 0.2) is 0 Å². The Hall–Kier alpha value is -2.26. The predicted molar refractivity (Wildman–Crippen MR) is 93.2 cm³/mol. The number of nitrogens with one attached hydrogen (secondary N) is 2. The van der Waals surface area contributed by atoms with Crippen molar-refractivity contribution in [2.75, 3.05) is 5.32 Å². The summed E-state index contributed by atoms with van der Waals surface area (Å²) >= 11 is 6.05. The summed E-state index contributed by atoms with van der Waals surface area (Å²) in [6, 6.07) is 13.2. The molecule has 0 aliphatic carbocycles. The molecule has 0 aliphatic heterocycles. The normalized spacial score (nSPS) is 10.7. The number of aryl methyl sites for hydroxylation is 2. The predicted octanol–water partition coefficient (Wildman–Crippen LogP) is 5.00. The number of benzene rings is 2. The van der Waals surface area contributed by atoms with Gasteiger partial charge < -0.3 is 10.6 Å². The minimum atomic E-state index is -0.271. The van der Waals surface area contributed by atoms with E-state index in [4.69, 9.17) is 11.6 Å². The summed E-state index contributed by atoms with van der Waals surface area (Å²) in [5.41, 5.74) is 3.89. The summed E-state index contributed by atoms with van der Waals surface area (Å²) < 4.78 is 0. The monoisotopic (exact) mass is 314 g/mol. The molecule has 22 heavy (non-hydrogen) atoms. The molecular formula is C18H19ClN2O. The summed E-state index contributed by atoms with van der Waals surface area (Å²) in [7, 11) is 0. The number of amides is 2. The Bertz CT molecular complexity index is 695. The molecule has 2 rings (SSSR count). The molecule has 114 valence electrons. The summed E-state index contributed by atoms with van der Waals surface area (Å²) in [5, 5.41) is 6.24. The van der Waals surface area contributed by atoms with Gasteiger partial charge in [-0.1, -0.05) is 54.9 Å². The number of anilines is 1. The lowest BCUT2D eigenvalue weighted by Gasteiger charge is -2.12. The van der Waals surface area contributed by atoms with Gasteiger partial charge in [-0.15, -0.1) is 0 Å². The van der Waals surface area contributed by atoms with E-state index in [0.717, 1.165) is 28.8 Å². The molecule has 4 heteroatoms. The molecule has 3 nitrogen and oxygen atoms in total. The van der Waals surface area contributed by atoms with Crippen molar-refractivity contribution in [3.63, 3.8) is 0 Å². The van der Waals surface area contributed by atoms with E-state index in [-0.39, 0.29) is 6.03 Å². The van der Waals surface area contributed by atoms with Gasteiger partial charge in [0.25, 0.3) is 0 Å². The largest absolute Gasteiger partial charge is 0.323 e. The van der Waals surface area contributed by atoms with Crippen LogP contribution in [0.25, 0.3) is 6.08 Å². The van der Waals surface area contributed by atoms with E-state index < -0.39 is 0 Å². The highest BCUT2D eigenvalue weighted by atomic mass is 35.5. The molecule has 0 aromatic heterocycles. The van der Waals surface area contributed by atoms with Crippen LogP contribution in [0, 0.1) is 6.92 Å². The summed E-state index contributed by atoms with van der Waals surface area (Å²) in [6.07, 6.45) is 4.22. The Morgan fingerprint density at radius 1 is 1.18 bits per heavy atom. The number of urea groups is 1. The van der Waals surface area contributed by atoms with Crippen LogP contribution in [0.2, 0.25) is 5.02 Å². The first-order valence-electron chi connectivity index (χ1n) is 7.19. The molecule has 0 fully saturated rings. The number of hydrogen-bond acceptors (Lipinski definition) is 1. The zero-order valence-corrected chi connectivity index (χ0v) is 13.4. The lowest BCUT2D eigenvalue weighted by Crippen LogP contribution is -2.24. The molecule has 0 saturated carbocycles. The van der Waals surface area contributed by atoms with E-state index in [0.29, 0.717) is 5.02 Å². The molecule has 2 aromatic carbocycles. The van der Waals surface area contributed by atoms with Crippen LogP contribution >= 0.6 is 11.6 Å². The van der Waals surface area contributed by atoms with E-state index >= 15 is 0 Å². The molecule has 2 N–H and O–H groups in total. The van der Waals surface area contributed by atoms with E-state index in [1.54, 1.807) is 12.3 Å². The maximum atomic E-state index is 12.0. The number of carbonyl (C=O) groups is 1. The SMILES string of the molecule is CCc1cccc(C)c1NC(=O)N/C=C/c1ccccc1Cl. The second-order valence-corrected chi connectivity index (χ2v) is 5.32. The Kier molecular flexibility index (Phi) is 5.61. The fraction of sp³-hybridized carbons (Fsp3) is 0.167. The van der Waals surface area contributed by atoms with Crippen molar-refractivity contribution in [1.82, 2.24) is 5.32 Å². The van der Waals surface area contributed by atoms with Gasteiger partial charge in [0.1, 0.15) is 0 Å². The van der Waals surface area contributed by atoms with Crippen molar-refractivity contribution < 1.29 is 4.79 Å². The van der Waals surface area contributed by atoms with Gasteiger partial charge in [-0.25, -0.2) is 4.79 Å². The number of para-hydroxylation sites is 1. The number of halogens is 1. The lowest BCUT2D eigenvalue weighted by molar-refractivity contribution is 0.255. The second kappa shape index (κ2) is 7.66. The standard InChI is InChI=1S/C18H19ClN2O/c1-3-14-9-6-7-13(2)17(14)21-18(22)20-12-11-15-8-4-5-10-16(15)19/h4-12H,3H2,1-2H3,(H2,20,21,22)/b12-11+. The average molecular weight is 315 g/mol. The number of rotatable bonds is 4. The third-order valence-electron chi connectivity index (χ3n) is 3.36. The molecule has 0 heterocycles. The zero-order chi connectivity index (χ0) is 15.9. The highest BCUT2D eigenvalue weighted by molar-refractivity contribution is 6.32. The molecule has 2 amide bonds. The molecule has 0 unspecified atom stereocenters. The van der Waals surface area contributed by atoms with Crippen molar-refractivity contribution in [1.29, 1.82) is 0 Å². The smallest absolute Gasteiger partial charge is 0.314 e. The molecular weight excluding hydrogens is 296 g/mol. The maximum absolute atomic E-state index is 12.0. The third-order valence-corrected chi connectivity index (χ3v) is 3.71. The molecule has 0 radical (unpaired) electrons. The highest BCUT2D eigenvalue weighted by Crippen LogP contribution is 2.21. The Balaban J connectivity index is 2.01. The highest BCUT2D eigenvalue weighted by Gasteiger charge is 2.07. The van der Waals surface area contributed by atoms with Gasteiger partial charge in [0.2, 0.25) is 0 Å². The average Bonchev–Trinajstić information content (AvgIpc) is 2.51. The topological polar surface area (TPSA) is 41.1 Å². The third kappa shape index (κ3) is 4.12. The van der Waals surface area contributed by atoms with Crippen molar-refractivity contribution >= 4 is 29.4 Å². The molecule has 0 bridgehead atoms. The van der Waals surface area contributed by atoms with Crippen LogP contribution in [0.4, 0.5) is 10.5 Å². The van der Waals surface area contributed by atoms with E-state index in [1.807, 2.05) is 49.4 Å². The van der Waals surface area contributed by atoms with Gasteiger partial charge in [0, 0.05) is 16.9 Å². The van der Waals surface area contributed by atoms with Crippen LogP contribution in [0.3, 0.4) is 0 Å². The van der Waals surface area contributed by atoms with E-state index in [1.165, 1.54) is 0 Å².